The van der Waals surface area contributed by atoms with E-state index in [1.54, 1.807) is 18.2 Å². The third-order valence-corrected chi connectivity index (χ3v) is 6.52. The lowest BCUT2D eigenvalue weighted by Crippen LogP contribution is -2.54. The number of benzene rings is 3. The van der Waals surface area contributed by atoms with Gasteiger partial charge in [-0.15, -0.1) is 0 Å². The minimum absolute atomic E-state index is 0.132. The van der Waals surface area contributed by atoms with Gasteiger partial charge in [0.15, 0.2) is 0 Å². The summed E-state index contributed by atoms with van der Waals surface area (Å²) in [6.07, 6.45) is 2.14. The standard InChI is InChI=1S/C29H27BrN2O4/c1-5-36-26-16-21(15-25(30)23(26)13-20-10-18(3)9-19(4)11-20)14-24-27(33)31-29(35)32(28(24)34)22-8-6-7-17(2)12-22/h6-12,14-16H,5,13H2,1-4H3,(H,31,33,35)/b24-14+. The molecule has 0 saturated carbocycles. The molecule has 36 heavy (non-hydrogen) atoms. The van der Waals surface area contributed by atoms with Gasteiger partial charge in [-0.3, -0.25) is 14.9 Å². The van der Waals surface area contributed by atoms with Crippen LogP contribution in [0.1, 0.15) is 40.3 Å². The Morgan fingerprint density at radius 3 is 2.33 bits per heavy atom. The molecule has 7 heteroatoms. The van der Waals surface area contributed by atoms with Crippen LogP contribution in [0.15, 0.2) is 64.6 Å². The number of amides is 4. The zero-order chi connectivity index (χ0) is 26.0. The maximum atomic E-state index is 13.3. The molecule has 4 rings (SSSR count). The Morgan fingerprint density at radius 1 is 0.944 bits per heavy atom. The average Bonchev–Trinajstić information content (AvgIpc) is 2.78. The Bertz CT molecular complexity index is 1390. The molecule has 6 nitrogen and oxygen atoms in total. The fourth-order valence-electron chi connectivity index (χ4n) is 4.37. The molecule has 0 radical (unpaired) electrons. The molecule has 3 aromatic carbocycles. The molecule has 1 N–H and O–H groups in total. The normalized spacial score (nSPS) is 14.9. The highest BCUT2D eigenvalue weighted by atomic mass is 79.9. The monoisotopic (exact) mass is 546 g/mol. The number of carbonyl (C=O) groups is 3. The third kappa shape index (κ3) is 5.41. The smallest absolute Gasteiger partial charge is 0.335 e. The number of barbiturate groups is 1. The molecule has 1 fully saturated rings. The molecule has 0 spiro atoms. The lowest BCUT2D eigenvalue weighted by atomic mass is 9.98. The number of nitrogens with one attached hydrogen (secondary N) is 1. The fourth-order valence-corrected chi connectivity index (χ4v) is 4.97. The van der Waals surface area contributed by atoms with Crippen molar-refractivity contribution < 1.29 is 19.1 Å². The van der Waals surface area contributed by atoms with Crippen molar-refractivity contribution in [2.45, 2.75) is 34.1 Å². The lowest BCUT2D eigenvalue weighted by molar-refractivity contribution is -0.122. The SMILES string of the molecule is CCOc1cc(/C=C2\C(=O)NC(=O)N(c3cccc(C)c3)C2=O)cc(Br)c1Cc1cc(C)cc(C)c1. The van der Waals surface area contributed by atoms with Crippen LogP contribution < -0.4 is 15.0 Å². The largest absolute Gasteiger partial charge is 0.494 e. The minimum Gasteiger partial charge on any atom is -0.494 e. The Balaban J connectivity index is 1.73. The highest BCUT2D eigenvalue weighted by Gasteiger charge is 2.36. The first kappa shape index (κ1) is 25.4. The van der Waals surface area contributed by atoms with Crippen molar-refractivity contribution in [3.8, 4) is 5.75 Å². The molecular formula is C29H27BrN2O4. The summed E-state index contributed by atoms with van der Waals surface area (Å²) in [6.45, 7) is 8.37. The number of halogens is 1. The van der Waals surface area contributed by atoms with Crippen molar-refractivity contribution >= 4 is 45.5 Å². The lowest BCUT2D eigenvalue weighted by Gasteiger charge is -2.26. The van der Waals surface area contributed by atoms with Crippen LogP contribution >= 0.6 is 15.9 Å². The molecule has 1 aliphatic heterocycles. The van der Waals surface area contributed by atoms with Crippen molar-refractivity contribution in [3.63, 3.8) is 0 Å². The molecule has 0 atom stereocenters. The van der Waals surface area contributed by atoms with Crippen LogP contribution in [-0.4, -0.2) is 24.5 Å². The average molecular weight is 547 g/mol. The van der Waals surface area contributed by atoms with Crippen LogP contribution in [0.4, 0.5) is 10.5 Å². The molecule has 1 heterocycles. The summed E-state index contributed by atoms with van der Waals surface area (Å²) >= 11 is 3.66. The summed E-state index contributed by atoms with van der Waals surface area (Å²) in [5, 5.41) is 2.27. The van der Waals surface area contributed by atoms with E-state index in [1.807, 2.05) is 32.0 Å². The zero-order valence-corrected chi connectivity index (χ0v) is 22.2. The van der Waals surface area contributed by atoms with Crippen molar-refractivity contribution in [1.29, 1.82) is 0 Å². The van der Waals surface area contributed by atoms with Crippen molar-refractivity contribution in [1.82, 2.24) is 5.32 Å². The van der Waals surface area contributed by atoms with Gasteiger partial charge in [0.2, 0.25) is 0 Å². The van der Waals surface area contributed by atoms with E-state index < -0.39 is 17.8 Å². The van der Waals surface area contributed by atoms with Gasteiger partial charge in [-0.05, 0) is 74.7 Å². The number of rotatable bonds is 6. The number of carbonyl (C=O) groups excluding carboxylic acids is 3. The van der Waals surface area contributed by atoms with Crippen molar-refractivity contribution in [2.75, 3.05) is 11.5 Å². The quantitative estimate of drug-likeness (QED) is 0.302. The highest BCUT2D eigenvalue weighted by molar-refractivity contribution is 9.10. The molecule has 1 aliphatic rings. The molecule has 0 aliphatic carbocycles. The van der Waals surface area contributed by atoms with Crippen LogP contribution in [0.5, 0.6) is 5.75 Å². The van der Waals surface area contributed by atoms with E-state index >= 15 is 0 Å². The molecule has 184 valence electrons. The van der Waals surface area contributed by atoms with Crippen molar-refractivity contribution in [2.24, 2.45) is 0 Å². The van der Waals surface area contributed by atoms with E-state index in [-0.39, 0.29) is 5.57 Å². The molecular weight excluding hydrogens is 520 g/mol. The molecule has 1 saturated heterocycles. The minimum atomic E-state index is -0.771. The van der Waals surface area contributed by atoms with E-state index in [1.165, 1.54) is 17.2 Å². The zero-order valence-electron chi connectivity index (χ0n) is 20.6. The maximum Gasteiger partial charge on any atom is 0.335 e. The first-order valence-electron chi connectivity index (χ1n) is 11.7. The van der Waals surface area contributed by atoms with Gasteiger partial charge in [0.25, 0.3) is 11.8 Å². The second kappa shape index (κ2) is 10.5. The molecule has 4 amide bonds. The summed E-state index contributed by atoms with van der Waals surface area (Å²) < 4.78 is 6.75. The summed E-state index contributed by atoms with van der Waals surface area (Å²) in [6, 6.07) is 16.3. The van der Waals surface area contributed by atoms with E-state index in [9.17, 15) is 14.4 Å². The number of urea groups is 1. The van der Waals surface area contributed by atoms with Gasteiger partial charge in [-0.1, -0.05) is 57.4 Å². The van der Waals surface area contributed by atoms with Gasteiger partial charge in [0.1, 0.15) is 11.3 Å². The predicted octanol–water partition coefficient (Wildman–Crippen LogP) is 6.03. The van der Waals surface area contributed by atoms with Crippen LogP contribution in [0.3, 0.4) is 0 Å². The van der Waals surface area contributed by atoms with E-state index in [0.29, 0.717) is 30.0 Å². The maximum absolute atomic E-state index is 13.3. The van der Waals surface area contributed by atoms with Gasteiger partial charge in [-0.25, -0.2) is 9.69 Å². The summed E-state index contributed by atoms with van der Waals surface area (Å²) in [5.74, 6) is -0.752. The van der Waals surface area contributed by atoms with E-state index in [4.69, 9.17) is 4.74 Å². The molecule has 0 unspecified atom stereocenters. The van der Waals surface area contributed by atoms with Crippen LogP contribution in [0, 0.1) is 20.8 Å². The Kier molecular flexibility index (Phi) is 7.40. The van der Waals surface area contributed by atoms with Gasteiger partial charge >= 0.3 is 6.03 Å². The summed E-state index contributed by atoms with van der Waals surface area (Å²) in [7, 11) is 0. The second-order valence-electron chi connectivity index (χ2n) is 8.88. The first-order chi connectivity index (χ1) is 17.2. The first-order valence-corrected chi connectivity index (χ1v) is 12.5. The Morgan fingerprint density at radius 2 is 1.67 bits per heavy atom. The second-order valence-corrected chi connectivity index (χ2v) is 9.74. The molecule has 0 aromatic heterocycles. The van der Waals surface area contributed by atoms with Gasteiger partial charge in [-0.2, -0.15) is 0 Å². The topological polar surface area (TPSA) is 75.7 Å². The van der Waals surface area contributed by atoms with E-state index in [0.717, 1.165) is 26.1 Å². The van der Waals surface area contributed by atoms with Gasteiger partial charge in [0.05, 0.1) is 12.3 Å². The number of hydrogen-bond donors (Lipinski definition) is 1. The number of aryl methyl sites for hydroxylation is 3. The highest BCUT2D eigenvalue weighted by Crippen LogP contribution is 2.33. The van der Waals surface area contributed by atoms with E-state index in [2.05, 4.69) is 53.3 Å². The number of hydrogen-bond acceptors (Lipinski definition) is 4. The van der Waals surface area contributed by atoms with Gasteiger partial charge < -0.3 is 4.74 Å². The number of ether oxygens (including phenoxy) is 1. The number of nitrogens with zero attached hydrogens (tertiary/aromatic N) is 1. The Hall–Kier alpha value is -3.71. The molecule has 0 bridgehead atoms. The summed E-state index contributed by atoms with van der Waals surface area (Å²) in [4.78, 5) is 39.4. The van der Waals surface area contributed by atoms with Crippen LogP contribution in [0.25, 0.3) is 6.08 Å². The molecule has 3 aromatic rings. The van der Waals surface area contributed by atoms with Crippen molar-refractivity contribution in [3.05, 3.63) is 98.0 Å². The van der Waals surface area contributed by atoms with Crippen LogP contribution in [-0.2, 0) is 16.0 Å². The summed E-state index contributed by atoms with van der Waals surface area (Å²) in [5.41, 5.74) is 6.27. The van der Waals surface area contributed by atoms with Gasteiger partial charge in [0, 0.05) is 16.5 Å². The third-order valence-electron chi connectivity index (χ3n) is 5.81. The predicted molar refractivity (Wildman–Crippen MR) is 144 cm³/mol. The Labute approximate surface area is 219 Å². The number of imide groups is 2. The fraction of sp³-hybridized carbons (Fsp3) is 0.207. The number of anilines is 1. The van der Waals surface area contributed by atoms with Crippen LogP contribution in [0.2, 0.25) is 0 Å².